The number of hydrogen-bond donors (Lipinski definition) is 1. The highest BCUT2D eigenvalue weighted by atomic mass is 19.1. The number of amides is 1. The number of nitrogens with one attached hydrogen (secondary N) is 1. The molecule has 1 aromatic heterocycles. The van der Waals surface area contributed by atoms with Crippen LogP contribution in [0.1, 0.15) is 35.4 Å². The van der Waals surface area contributed by atoms with Crippen LogP contribution in [0.15, 0.2) is 47.6 Å². The molecule has 0 saturated carbocycles. The van der Waals surface area contributed by atoms with Gasteiger partial charge in [0.2, 0.25) is 5.91 Å². The summed E-state index contributed by atoms with van der Waals surface area (Å²) in [6, 6.07) is 7.95. The maximum Gasteiger partial charge on any atom is 0.254 e. The Morgan fingerprint density at radius 3 is 2.64 bits per heavy atom. The van der Waals surface area contributed by atoms with Crippen molar-refractivity contribution in [2.75, 3.05) is 6.54 Å². The highest BCUT2D eigenvalue weighted by Crippen LogP contribution is 2.09. The van der Waals surface area contributed by atoms with Crippen molar-refractivity contribution in [1.82, 2.24) is 9.88 Å². The van der Waals surface area contributed by atoms with Crippen LogP contribution in [-0.4, -0.2) is 29.0 Å². The third-order valence-electron chi connectivity index (χ3n) is 3.30. The molecule has 0 aliphatic heterocycles. The van der Waals surface area contributed by atoms with Crippen molar-refractivity contribution in [1.29, 1.82) is 0 Å². The Morgan fingerprint density at radius 2 is 1.96 bits per heavy atom. The summed E-state index contributed by atoms with van der Waals surface area (Å²) in [6.45, 7) is 3.83. The van der Waals surface area contributed by atoms with Gasteiger partial charge in [-0.1, -0.05) is 6.07 Å². The van der Waals surface area contributed by atoms with Crippen LogP contribution in [0.2, 0.25) is 0 Å². The summed E-state index contributed by atoms with van der Waals surface area (Å²) in [5.74, 6) is -2.65. The van der Waals surface area contributed by atoms with Gasteiger partial charge in [0.15, 0.2) is 0 Å². The molecule has 1 N–H and O–H groups in total. The van der Waals surface area contributed by atoms with Gasteiger partial charge in [-0.3, -0.25) is 19.1 Å². The Kier molecular flexibility index (Phi) is 6.16. The number of halogens is 2. The maximum absolute atomic E-state index is 13.5. The molecule has 0 unspecified atom stereocenters. The van der Waals surface area contributed by atoms with Crippen LogP contribution in [-0.2, 0) is 0 Å². The van der Waals surface area contributed by atoms with E-state index in [-0.39, 0.29) is 30.5 Å². The first-order valence-electron chi connectivity index (χ1n) is 7.86. The zero-order chi connectivity index (χ0) is 18.4. The minimum atomic E-state index is -0.945. The number of hydrogen-bond acceptors (Lipinski definition) is 3. The van der Waals surface area contributed by atoms with Crippen molar-refractivity contribution in [3.05, 3.63) is 65.3 Å². The maximum atomic E-state index is 13.5. The van der Waals surface area contributed by atoms with E-state index in [1.54, 1.807) is 24.4 Å². The number of aromatic nitrogens is 1. The molecule has 25 heavy (non-hydrogen) atoms. The van der Waals surface area contributed by atoms with Gasteiger partial charge >= 0.3 is 0 Å². The molecule has 1 amide bonds. The topological polar surface area (TPSA) is 63.5 Å². The van der Waals surface area contributed by atoms with Gasteiger partial charge in [-0.05, 0) is 38.1 Å². The summed E-state index contributed by atoms with van der Waals surface area (Å²) < 4.78 is 27.8. The van der Waals surface area contributed by atoms with E-state index in [1.165, 1.54) is 4.57 Å². The number of benzene rings is 1. The molecule has 132 valence electrons. The minimum Gasteiger partial charge on any atom is -0.351 e. The monoisotopic (exact) mass is 347 g/mol. The van der Waals surface area contributed by atoms with E-state index in [2.05, 4.69) is 10.3 Å². The average molecular weight is 347 g/mol. The number of carbonyl (C=O) groups is 2. The van der Waals surface area contributed by atoms with Crippen molar-refractivity contribution in [2.45, 2.75) is 26.3 Å². The predicted molar refractivity (Wildman–Crippen MR) is 89.1 cm³/mol. The van der Waals surface area contributed by atoms with Gasteiger partial charge in [0.25, 0.3) is 5.91 Å². The highest BCUT2D eigenvalue weighted by molar-refractivity contribution is 5.94. The van der Waals surface area contributed by atoms with Crippen LogP contribution >= 0.6 is 0 Å². The van der Waals surface area contributed by atoms with E-state index in [1.807, 2.05) is 13.8 Å². The van der Waals surface area contributed by atoms with Crippen LogP contribution in [0.25, 0.3) is 0 Å². The van der Waals surface area contributed by atoms with E-state index in [9.17, 15) is 18.4 Å². The summed E-state index contributed by atoms with van der Waals surface area (Å²) >= 11 is 0. The highest BCUT2D eigenvalue weighted by Gasteiger charge is 2.13. The first-order valence-corrected chi connectivity index (χ1v) is 7.86. The first-order chi connectivity index (χ1) is 11.9. The lowest BCUT2D eigenvalue weighted by Crippen LogP contribution is -2.32. The molecular weight excluding hydrogens is 328 g/mol. The molecule has 5 nitrogen and oxygen atoms in total. The first kappa shape index (κ1) is 18.5. The number of pyridine rings is 1. The summed E-state index contributed by atoms with van der Waals surface area (Å²) in [4.78, 5) is 28.6. The van der Waals surface area contributed by atoms with Crippen molar-refractivity contribution in [2.24, 2.45) is 4.99 Å². The molecule has 2 rings (SSSR count). The zero-order valence-electron chi connectivity index (χ0n) is 14.0. The molecule has 1 heterocycles. The molecule has 0 bridgehead atoms. The molecular formula is C18H19F2N3O2. The molecule has 0 spiro atoms. The predicted octanol–water partition coefficient (Wildman–Crippen LogP) is 2.54. The van der Waals surface area contributed by atoms with E-state index in [0.717, 1.165) is 12.1 Å². The standard InChI is InChI=1S/C18H19F2N3O2/c1-12(2)22-16-5-3-4-10-23(16)17(24)8-9-21-18(25)14-7-6-13(19)11-15(14)20/h3-7,10-12H,8-9H2,1-2H3,(H,21,25). The van der Waals surface area contributed by atoms with Crippen molar-refractivity contribution in [3.8, 4) is 0 Å². The summed E-state index contributed by atoms with van der Waals surface area (Å²) in [5.41, 5.74) is 0.259. The lowest BCUT2D eigenvalue weighted by molar-refractivity contribution is 0.0887. The lowest BCUT2D eigenvalue weighted by Gasteiger charge is -2.08. The molecule has 0 fully saturated rings. The zero-order valence-corrected chi connectivity index (χ0v) is 14.0. The fourth-order valence-corrected chi connectivity index (χ4v) is 2.19. The second kappa shape index (κ2) is 8.32. The van der Waals surface area contributed by atoms with Gasteiger partial charge in [0.1, 0.15) is 17.1 Å². The van der Waals surface area contributed by atoms with Crippen LogP contribution in [0.4, 0.5) is 8.78 Å². The van der Waals surface area contributed by atoms with Gasteiger partial charge in [-0.25, -0.2) is 8.78 Å². The van der Waals surface area contributed by atoms with Gasteiger partial charge in [0, 0.05) is 31.3 Å². The Hall–Kier alpha value is -2.83. The Labute approximate surface area is 144 Å². The third kappa shape index (κ3) is 5.07. The largest absolute Gasteiger partial charge is 0.351 e. The summed E-state index contributed by atoms with van der Waals surface area (Å²) in [7, 11) is 0. The lowest BCUT2D eigenvalue weighted by atomic mass is 10.2. The second-order valence-electron chi connectivity index (χ2n) is 5.68. The number of rotatable bonds is 5. The summed E-state index contributed by atoms with van der Waals surface area (Å²) in [6.07, 6.45) is 1.62. The van der Waals surface area contributed by atoms with Crippen LogP contribution in [0, 0.1) is 11.6 Å². The van der Waals surface area contributed by atoms with E-state index in [0.29, 0.717) is 11.6 Å². The van der Waals surface area contributed by atoms with Crippen LogP contribution < -0.4 is 10.8 Å². The normalized spacial score (nSPS) is 11.6. The smallest absolute Gasteiger partial charge is 0.254 e. The molecule has 0 radical (unpaired) electrons. The Morgan fingerprint density at radius 1 is 1.20 bits per heavy atom. The van der Waals surface area contributed by atoms with Gasteiger partial charge in [-0.15, -0.1) is 0 Å². The molecule has 0 saturated heterocycles. The van der Waals surface area contributed by atoms with Gasteiger partial charge < -0.3 is 5.32 Å². The molecule has 0 atom stereocenters. The Bertz CT molecular complexity index is 844. The number of carbonyl (C=O) groups excluding carboxylic acids is 2. The fraction of sp³-hybridized carbons (Fsp3) is 0.278. The summed E-state index contributed by atoms with van der Waals surface area (Å²) in [5, 5.41) is 2.45. The molecule has 0 aliphatic rings. The van der Waals surface area contributed by atoms with E-state index in [4.69, 9.17) is 0 Å². The number of nitrogens with zero attached hydrogens (tertiary/aromatic N) is 2. The molecule has 1 aromatic carbocycles. The van der Waals surface area contributed by atoms with E-state index < -0.39 is 17.5 Å². The molecule has 2 aromatic rings. The molecule has 7 heteroatoms. The van der Waals surface area contributed by atoms with Crippen molar-refractivity contribution < 1.29 is 18.4 Å². The minimum absolute atomic E-state index is 0.0177. The molecule has 0 aliphatic carbocycles. The van der Waals surface area contributed by atoms with Crippen molar-refractivity contribution in [3.63, 3.8) is 0 Å². The van der Waals surface area contributed by atoms with Gasteiger partial charge in [-0.2, -0.15) is 0 Å². The average Bonchev–Trinajstić information content (AvgIpc) is 2.54. The van der Waals surface area contributed by atoms with Crippen LogP contribution in [0.3, 0.4) is 0 Å². The van der Waals surface area contributed by atoms with Gasteiger partial charge in [0.05, 0.1) is 5.56 Å². The third-order valence-corrected chi connectivity index (χ3v) is 3.30. The van der Waals surface area contributed by atoms with Crippen LogP contribution in [0.5, 0.6) is 0 Å². The Balaban J connectivity index is 2.00. The SMILES string of the molecule is CC(C)N=c1ccccn1C(=O)CCNC(=O)c1ccc(F)cc1F. The van der Waals surface area contributed by atoms with Crippen molar-refractivity contribution >= 4 is 11.8 Å². The fourth-order valence-electron chi connectivity index (χ4n) is 2.19. The van der Waals surface area contributed by atoms with E-state index >= 15 is 0 Å². The quantitative estimate of drug-likeness (QED) is 0.903. The second-order valence-corrected chi connectivity index (χ2v) is 5.68.